The molecule has 7 nitrogen and oxygen atoms in total. The number of nitrogens with one attached hydrogen (secondary N) is 3. The van der Waals surface area contributed by atoms with Gasteiger partial charge in [0.25, 0.3) is 5.91 Å². The van der Waals surface area contributed by atoms with Crippen LogP contribution in [0.2, 0.25) is 5.02 Å². The molecular weight excluding hydrogens is 382 g/mol. The molecule has 0 radical (unpaired) electrons. The number of thiazole rings is 1. The molecule has 2 aromatic rings. The van der Waals surface area contributed by atoms with Crippen LogP contribution in [0.25, 0.3) is 0 Å². The summed E-state index contributed by atoms with van der Waals surface area (Å²) >= 11 is 12.4. The van der Waals surface area contributed by atoms with Gasteiger partial charge in [0.05, 0.1) is 13.2 Å². The second-order valence-corrected chi connectivity index (χ2v) is 6.84. The highest BCUT2D eigenvalue weighted by Crippen LogP contribution is 2.21. The maximum Gasteiger partial charge on any atom is 0.289 e. The molecule has 1 saturated heterocycles. The van der Waals surface area contributed by atoms with Gasteiger partial charge < -0.3 is 15.0 Å². The highest BCUT2D eigenvalue weighted by molar-refractivity contribution is 7.80. The van der Waals surface area contributed by atoms with Crippen LogP contribution in [0.5, 0.6) is 0 Å². The lowest BCUT2D eigenvalue weighted by atomic mass is 10.3. The Morgan fingerprint density at radius 3 is 2.68 bits per heavy atom. The largest absolute Gasteiger partial charge is 0.378 e. The smallest absolute Gasteiger partial charge is 0.289 e. The lowest BCUT2D eigenvalue weighted by Gasteiger charge is -2.25. The van der Waals surface area contributed by atoms with Gasteiger partial charge in [0, 0.05) is 29.2 Å². The molecule has 3 N–H and O–H groups in total. The third kappa shape index (κ3) is 5.02. The predicted molar refractivity (Wildman–Crippen MR) is 103 cm³/mol. The van der Waals surface area contributed by atoms with E-state index in [4.69, 9.17) is 28.6 Å². The SMILES string of the molecule is O=C(NNC(=S)Nc1ccc(Cl)cc1)c1csc(N2CCOCC2)n1. The van der Waals surface area contributed by atoms with Crippen molar-refractivity contribution >= 4 is 57.0 Å². The molecule has 0 saturated carbocycles. The Morgan fingerprint density at radius 1 is 1.24 bits per heavy atom. The Labute approximate surface area is 159 Å². The minimum absolute atomic E-state index is 0.263. The van der Waals surface area contributed by atoms with E-state index in [-0.39, 0.29) is 11.0 Å². The molecular formula is C15H16ClN5O2S2. The molecule has 1 fully saturated rings. The average Bonchev–Trinajstić information content (AvgIpc) is 3.13. The summed E-state index contributed by atoms with van der Waals surface area (Å²) in [7, 11) is 0. The highest BCUT2D eigenvalue weighted by atomic mass is 35.5. The number of amides is 1. The fourth-order valence-corrected chi connectivity index (χ4v) is 3.30. The van der Waals surface area contributed by atoms with Crippen LogP contribution in [0, 0.1) is 0 Å². The minimum atomic E-state index is -0.351. The molecule has 1 amide bonds. The summed E-state index contributed by atoms with van der Waals surface area (Å²) in [6, 6.07) is 7.06. The van der Waals surface area contributed by atoms with Crippen molar-refractivity contribution in [2.24, 2.45) is 0 Å². The van der Waals surface area contributed by atoms with E-state index in [1.807, 2.05) is 0 Å². The third-order valence-electron chi connectivity index (χ3n) is 3.40. The number of anilines is 2. The topological polar surface area (TPSA) is 78.5 Å². The summed E-state index contributed by atoms with van der Waals surface area (Å²) in [4.78, 5) is 18.6. The van der Waals surface area contributed by atoms with E-state index in [1.54, 1.807) is 29.6 Å². The summed E-state index contributed by atoms with van der Waals surface area (Å²) < 4.78 is 5.31. The molecule has 1 aliphatic heterocycles. The monoisotopic (exact) mass is 397 g/mol. The van der Waals surface area contributed by atoms with Gasteiger partial charge in [0.15, 0.2) is 10.2 Å². The van der Waals surface area contributed by atoms with Crippen LogP contribution in [0.1, 0.15) is 10.5 Å². The standard InChI is InChI=1S/C15H16ClN5O2S2/c16-10-1-3-11(4-2-10)17-14(24)20-19-13(22)12-9-25-15(18-12)21-5-7-23-8-6-21/h1-4,9H,5-8H2,(H,19,22)(H2,17,20,24). The zero-order valence-corrected chi connectivity index (χ0v) is 15.5. The van der Waals surface area contributed by atoms with E-state index in [1.165, 1.54) is 11.3 Å². The maximum absolute atomic E-state index is 12.2. The Bertz CT molecular complexity index is 747. The molecule has 0 aliphatic carbocycles. The van der Waals surface area contributed by atoms with Gasteiger partial charge in [-0.25, -0.2) is 4.98 Å². The van der Waals surface area contributed by atoms with E-state index in [0.29, 0.717) is 23.9 Å². The number of thiocarbonyl (C=S) groups is 1. The number of rotatable bonds is 3. The second kappa shape index (κ2) is 8.43. The van der Waals surface area contributed by atoms with Gasteiger partial charge in [-0.3, -0.25) is 15.6 Å². The second-order valence-electron chi connectivity index (χ2n) is 5.15. The molecule has 10 heteroatoms. The summed E-state index contributed by atoms with van der Waals surface area (Å²) in [6.07, 6.45) is 0. The number of nitrogens with zero attached hydrogens (tertiary/aromatic N) is 2. The zero-order valence-electron chi connectivity index (χ0n) is 13.1. The van der Waals surface area contributed by atoms with Crippen molar-refractivity contribution in [3.05, 3.63) is 40.4 Å². The van der Waals surface area contributed by atoms with Crippen LogP contribution in [0.15, 0.2) is 29.6 Å². The number of ether oxygens (including phenoxy) is 1. The van der Waals surface area contributed by atoms with Crippen LogP contribution < -0.4 is 21.1 Å². The van der Waals surface area contributed by atoms with Crippen LogP contribution >= 0.6 is 35.2 Å². The molecule has 0 unspecified atom stereocenters. The molecule has 0 spiro atoms. The number of carbonyl (C=O) groups excluding carboxylic acids is 1. The van der Waals surface area contributed by atoms with E-state index >= 15 is 0 Å². The Balaban J connectivity index is 1.49. The minimum Gasteiger partial charge on any atom is -0.378 e. The van der Waals surface area contributed by atoms with Gasteiger partial charge in [0.1, 0.15) is 5.69 Å². The first-order chi connectivity index (χ1) is 12.1. The number of morpholine rings is 1. The number of benzene rings is 1. The van der Waals surface area contributed by atoms with Crippen molar-refractivity contribution < 1.29 is 9.53 Å². The fourth-order valence-electron chi connectivity index (χ4n) is 2.14. The first-order valence-corrected chi connectivity index (χ1v) is 9.19. The number of aromatic nitrogens is 1. The molecule has 1 aromatic carbocycles. The van der Waals surface area contributed by atoms with Crippen LogP contribution in [-0.2, 0) is 4.74 Å². The van der Waals surface area contributed by atoms with Crippen LogP contribution in [0.4, 0.5) is 10.8 Å². The van der Waals surface area contributed by atoms with E-state index in [9.17, 15) is 4.79 Å². The third-order valence-corrected chi connectivity index (χ3v) is 4.76. The Kier molecular flexibility index (Phi) is 6.03. The lowest BCUT2D eigenvalue weighted by Crippen LogP contribution is -2.44. The molecule has 3 rings (SSSR count). The first kappa shape index (κ1) is 17.9. The van der Waals surface area contributed by atoms with Gasteiger partial charge in [-0.1, -0.05) is 11.6 Å². The first-order valence-electron chi connectivity index (χ1n) is 7.53. The number of halogens is 1. The molecule has 0 bridgehead atoms. The fraction of sp³-hybridized carbons (Fsp3) is 0.267. The van der Waals surface area contributed by atoms with Crippen molar-refractivity contribution in [1.82, 2.24) is 15.8 Å². The Morgan fingerprint density at radius 2 is 1.96 bits per heavy atom. The molecule has 1 aliphatic rings. The summed E-state index contributed by atoms with van der Waals surface area (Å²) in [6.45, 7) is 2.91. The molecule has 0 atom stereocenters. The van der Waals surface area contributed by atoms with E-state index < -0.39 is 0 Å². The number of hydrogen-bond donors (Lipinski definition) is 3. The average molecular weight is 398 g/mol. The molecule has 132 valence electrons. The Hall–Kier alpha value is -1.94. The number of carbonyl (C=O) groups is 1. The molecule has 25 heavy (non-hydrogen) atoms. The molecule has 1 aromatic heterocycles. The van der Waals surface area contributed by atoms with Gasteiger partial charge in [0.2, 0.25) is 0 Å². The van der Waals surface area contributed by atoms with Gasteiger partial charge in [-0.05, 0) is 36.5 Å². The van der Waals surface area contributed by atoms with Crippen LogP contribution in [-0.4, -0.2) is 42.3 Å². The lowest BCUT2D eigenvalue weighted by molar-refractivity contribution is 0.0940. The number of hydrogen-bond acceptors (Lipinski definition) is 6. The van der Waals surface area contributed by atoms with E-state index in [2.05, 4.69) is 26.1 Å². The maximum atomic E-state index is 12.2. The van der Waals surface area contributed by atoms with Gasteiger partial charge in [-0.15, -0.1) is 11.3 Å². The van der Waals surface area contributed by atoms with Crippen molar-refractivity contribution in [2.45, 2.75) is 0 Å². The summed E-state index contributed by atoms with van der Waals surface area (Å²) in [5.74, 6) is -0.351. The van der Waals surface area contributed by atoms with Gasteiger partial charge >= 0.3 is 0 Å². The summed E-state index contributed by atoms with van der Waals surface area (Å²) in [5, 5.41) is 6.37. The van der Waals surface area contributed by atoms with Crippen molar-refractivity contribution in [3.8, 4) is 0 Å². The van der Waals surface area contributed by atoms with Crippen molar-refractivity contribution in [3.63, 3.8) is 0 Å². The quantitative estimate of drug-likeness (QED) is 0.541. The number of hydrazine groups is 1. The van der Waals surface area contributed by atoms with E-state index in [0.717, 1.165) is 23.9 Å². The van der Waals surface area contributed by atoms with Crippen molar-refractivity contribution in [2.75, 3.05) is 36.5 Å². The zero-order chi connectivity index (χ0) is 17.6. The van der Waals surface area contributed by atoms with Crippen LogP contribution in [0.3, 0.4) is 0 Å². The highest BCUT2D eigenvalue weighted by Gasteiger charge is 2.17. The summed E-state index contributed by atoms with van der Waals surface area (Å²) in [5.41, 5.74) is 6.28. The molecule has 2 heterocycles. The van der Waals surface area contributed by atoms with Gasteiger partial charge in [-0.2, -0.15) is 0 Å². The predicted octanol–water partition coefficient (Wildman–Crippen LogP) is 2.26. The normalized spacial score (nSPS) is 14.0. The van der Waals surface area contributed by atoms with Crippen molar-refractivity contribution in [1.29, 1.82) is 0 Å².